The molecule has 4 N–H and O–H groups in total. The van der Waals surface area contributed by atoms with Crippen LogP contribution in [0.2, 0.25) is 0 Å². The molecule has 12 nitrogen and oxygen atoms in total. The molecule has 0 unspecified atom stereocenters. The van der Waals surface area contributed by atoms with Gasteiger partial charge in [-0.2, -0.15) is 18.2 Å². The summed E-state index contributed by atoms with van der Waals surface area (Å²) in [4.78, 5) is 20.6. The third-order valence-electron chi connectivity index (χ3n) is 7.32. The fraction of sp³-hybridized carbons (Fsp3) is 0.207. The van der Waals surface area contributed by atoms with E-state index in [1.807, 2.05) is 0 Å². The molecule has 46 heavy (non-hydrogen) atoms. The molecule has 0 saturated carbocycles. The van der Waals surface area contributed by atoms with Crippen LogP contribution in [-0.4, -0.2) is 70.3 Å². The Balaban J connectivity index is 1.25. The quantitative estimate of drug-likeness (QED) is 0.144. The molecule has 0 aliphatic carbocycles. The summed E-state index contributed by atoms with van der Waals surface area (Å²) in [6.07, 6.45) is 3.65. The lowest BCUT2D eigenvalue weighted by molar-refractivity contribution is -0.0493. The number of pyridine rings is 1. The van der Waals surface area contributed by atoms with Crippen LogP contribution in [0.4, 0.5) is 29.1 Å². The number of rotatable bonds is 10. The number of aromatic nitrogens is 4. The lowest BCUT2D eigenvalue weighted by Gasteiger charge is -2.38. The van der Waals surface area contributed by atoms with Gasteiger partial charge in [0.15, 0.2) is 11.6 Å². The second kappa shape index (κ2) is 11.6. The Morgan fingerprint density at radius 2 is 1.85 bits per heavy atom. The van der Waals surface area contributed by atoms with Crippen LogP contribution in [0.25, 0.3) is 16.6 Å². The molecular formula is C29H25F4N7O5S. The maximum atomic E-state index is 14.0. The van der Waals surface area contributed by atoms with Crippen LogP contribution in [0.3, 0.4) is 0 Å². The number of aryl methyl sites for hydroxylation is 1. The zero-order valence-corrected chi connectivity index (χ0v) is 24.9. The number of ether oxygens (including phenoxy) is 2. The van der Waals surface area contributed by atoms with Gasteiger partial charge < -0.3 is 25.5 Å². The first-order chi connectivity index (χ1) is 21.8. The van der Waals surface area contributed by atoms with E-state index in [2.05, 4.69) is 20.4 Å². The van der Waals surface area contributed by atoms with Crippen molar-refractivity contribution in [3.8, 4) is 23.1 Å². The first kappa shape index (κ1) is 30.8. The van der Waals surface area contributed by atoms with Crippen molar-refractivity contribution in [3.63, 3.8) is 0 Å². The van der Waals surface area contributed by atoms with E-state index in [0.29, 0.717) is 22.2 Å². The highest BCUT2D eigenvalue weighted by molar-refractivity contribution is 7.88. The van der Waals surface area contributed by atoms with Gasteiger partial charge in [-0.15, -0.1) is 0 Å². The fourth-order valence-corrected chi connectivity index (χ4v) is 5.87. The van der Waals surface area contributed by atoms with Crippen molar-refractivity contribution in [2.45, 2.75) is 19.6 Å². The molecule has 0 spiro atoms. The highest BCUT2D eigenvalue weighted by Gasteiger charge is 2.34. The zero-order chi connectivity index (χ0) is 32.9. The van der Waals surface area contributed by atoms with Crippen LogP contribution in [0.1, 0.15) is 21.6 Å². The highest BCUT2D eigenvalue weighted by Crippen LogP contribution is 2.35. The summed E-state index contributed by atoms with van der Waals surface area (Å²) >= 11 is 0. The molecule has 1 aliphatic rings. The fourth-order valence-electron chi connectivity index (χ4n) is 4.96. The topological polar surface area (TPSA) is 157 Å². The van der Waals surface area contributed by atoms with Crippen molar-refractivity contribution in [3.05, 3.63) is 83.3 Å². The van der Waals surface area contributed by atoms with Crippen LogP contribution in [0.15, 0.2) is 54.9 Å². The Hall–Kier alpha value is -5.16. The Bertz CT molecular complexity index is 2070. The van der Waals surface area contributed by atoms with E-state index in [-0.39, 0.29) is 53.5 Å². The number of hydrogen-bond acceptors (Lipinski definition) is 9. The number of anilines is 2. The van der Waals surface area contributed by atoms with E-state index < -0.39 is 39.8 Å². The number of nitrogen functional groups attached to an aromatic ring is 1. The minimum atomic E-state index is -3.38. The Morgan fingerprint density at radius 1 is 1.13 bits per heavy atom. The predicted octanol–water partition coefficient (Wildman–Crippen LogP) is 4.60. The van der Waals surface area contributed by atoms with E-state index in [1.54, 1.807) is 6.92 Å². The second-order valence-electron chi connectivity index (χ2n) is 10.6. The molecule has 240 valence electrons. The minimum Gasteiger partial charge on any atom is -0.433 e. The molecule has 17 heteroatoms. The number of fused-ring (bicyclic) bond motifs is 1. The summed E-state index contributed by atoms with van der Waals surface area (Å²) in [5, 5.41) is 7.63. The largest absolute Gasteiger partial charge is 0.433 e. The third kappa shape index (κ3) is 5.93. The zero-order valence-electron chi connectivity index (χ0n) is 24.1. The number of alkyl halides is 2. The van der Waals surface area contributed by atoms with E-state index in [1.165, 1.54) is 51.7 Å². The molecular weight excluding hydrogens is 634 g/mol. The van der Waals surface area contributed by atoms with E-state index in [9.17, 15) is 30.8 Å². The molecule has 6 rings (SSSR count). The monoisotopic (exact) mass is 659 g/mol. The third-order valence-corrected chi connectivity index (χ3v) is 8.56. The molecule has 5 aromatic rings. The SMILES string of the molecule is Cc1cc(Oc2c(F)cccc2F)ncc1-n1ncc(C(=O)c2cc3cc(OC(F)F)c(NC4CN(S(C)(=O)=O)C4)cc3[nH]2)c1N. The molecule has 1 fully saturated rings. The summed E-state index contributed by atoms with van der Waals surface area (Å²) in [6, 6.07) is 8.67. The Labute approximate surface area is 258 Å². The second-order valence-corrected chi connectivity index (χ2v) is 12.5. The average molecular weight is 660 g/mol. The number of H-pyrrole nitrogens is 1. The first-order valence-electron chi connectivity index (χ1n) is 13.6. The smallest absolute Gasteiger partial charge is 0.387 e. The van der Waals surface area contributed by atoms with Crippen molar-refractivity contribution in [2.75, 3.05) is 30.4 Å². The number of nitrogens with one attached hydrogen (secondary N) is 2. The lowest BCUT2D eigenvalue weighted by atomic mass is 10.1. The molecule has 0 bridgehead atoms. The summed E-state index contributed by atoms with van der Waals surface area (Å²) in [5.41, 5.74) is 7.90. The predicted molar refractivity (Wildman–Crippen MR) is 159 cm³/mol. The van der Waals surface area contributed by atoms with Gasteiger partial charge in [-0.1, -0.05) is 6.07 Å². The standard InChI is InChI=1S/C29H25F4N7O5S/c1-14-6-25(45-27-18(30)4-3-5-19(27)31)35-11-23(14)40-28(34)17(10-36-40)26(41)22-7-15-8-24(44-29(32)33)21(9-20(15)38-22)37-16-12-39(13-16)46(2,42)43/h3-11,16,29,37-38H,12-13,34H2,1-2H3. The Kier molecular flexibility index (Phi) is 7.81. The van der Waals surface area contributed by atoms with Gasteiger partial charge in [0.1, 0.15) is 11.6 Å². The number of sulfonamides is 1. The number of carbonyl (C=O) groups is 1. The number of aromatic amines is 1. The molecule has 0 radical (unpaired) electrons. The number of para-hydroxylation sites is 1. The van der Waals surface area contributed by atoms with Crippen LogP contribution >= 0.6 is 0 Å². The highest BCUT2D eigenvalue weighted by atomic mass is 32.2. The van der Waals surface area contributed by atoms with Gasteiger partial charge >= 0.3 is 6.61 Å². The summed E-state index contributed by atoms with van der Waals surface area (Å²) < 4.78 is 90.3. The summed E-state index contributed by atoms with van der Waals surface area (Å²) in [6.45, 7) is -1.17. The van der Waals surface area contributed by atoms with Crippen molar-refractivity contribution >= 4 is 38.2 Å². The van der Waals surface area contributed by atoms with Crippen molar-refractivity contribution in [1.29, 1.82) is 0 Å². The number of carbonyl (C=O) groups excluding carboxylic acids is 1. The molecule has 4 heterocycles. The van der Waals surface area contributed by atoms with Crippen molar-refractivity contribution in [2.24, 2.45) is 0 Å². The van der Waals surface area contributed by atoms with Gasteiger partial charge in [0.05, 0.1) is 47.3 Å². The number of halogens is 4. The van der Waals surface area contributed by atoms with Crippen molar-refractivity contribution in [1.82, 2.24) is 24.1 Å². The van der Waals surface area contributed by atoms with Crippen LogP contribution < -0.4 is 20.5 Å². The van der Waals surface area contributed by atoms with Gasteiger partial charge in [0, 0.05) is 30.1 Å². The van der Waals surface area contributed by atoms with Gasteiger partial charge in [0.25, 0.3) is 0 Å². The lowest BCUT2D eigenvalue weighted by Crippen LogP contribution is -2.56. The van der Waals surface area contributed by atoms with Crippen LogP contribution in [0.5, 0.6) is 17.4 Å². The van der Waals surface area contributed by atoms with E-state index in [0.717, 1.165) is 18.4 Å². The van der Waals surface area contributed by atoms with Crippen LogP contribution in [-0.2, 0) is 10.0 Å². The van der Waals surface area contributed by atoms with Gasteiger partial charge in [0.2, 0.25) is 27.4 Å². The van der Waals surface area contributed by atoms with E-state index >= 15 is 0 Å². The first-order valence-corrected chi connectivity index (χ1v) is 15.4. The van der Waals surface area contributed by atoms with Crippen LogP contribution in [0, 0.1) is 18.6 Å². The molecule has 0 atom stereocenters. The summed E-state index contributed by atoms with van der Waals surface area (Å²) in [7, 11) is -3.38. The number of benzene rings is 2. The van der Waals surface area contributed by atoms with Gasteiger partial charge in [-0.25, -0.2) is 26.9 Å². The number of nitrogens with two attached hydrogens (primary N) is 1. The molecule has 2 aromatic carbocycles. The number of ketones is 1. The summed E-state index contributed by atoms with van der Waals surface area (Å²) in [5.74, 6) is -3.25. The number of nitrogens with zero attached hydrogens (tertiary/aromatic N) is 4. The van der Waals surface area contributed by atoms with Gasteiger partial charge in [-0.3, -0.25) is 4.79 Å². The molecule has 1 aliphatic heterocycles. The maximum absolute atomic E-state index is 14.0. The average Bonchev–Trinajstić information content (AvgIpc) is 3.54. The molecule has 0 amide bonds. The van der Waals surface area contributed by atoms with Gasteiger partial charge in [-0.05, 0) is 42.8 Å². The maximum Gasteiger partial charge on any atom is 0.387 e. The minimum absolute atomic E-state index is 0.0254. The Morgan fingerprint density at radius 3 is 2.50 bits per heavy atom. The number of hydrogen-bond donors (Lipinski definition) is 3. The molecule has 1 saturated heterocycles. The van der Waals surface area contributed by atoms with Crippen molar-refractivity contribution < 1.29 is 40.2 Å². The molecule has 3 aromatic heterocycles. The normalized spacial score (nSPS) is 14.1. The van der Waals surface area contributed by atoms with E-state index in [4.69, 9.17) is 15.2 Å².